The summed E-state index contributed by atoms with van der Waals surface area (Å²) < 4.78 is 34.1. The number of rotatable bonds is 7. The molecule has 31 heavy (non-hydrogen) atoms. The summed E-state index contributed by atoms with van der Waals surface area (Å²) in [7, 11) is -2.29. The lowest BCUT2D eigenvalue weighted by Crippen LogP contribution is -2.51. The van der Waals surface area contributed by atoms with Gasteiger partial charge in [0, 0.05) is 18.2 Å². The largest absolute Gasteiger partial charge is 0.495 e. The van der Waals surface area contributed by atoms with Gasteiger partial charge in [0.1, 0.15) is 10.6 Å². The van der Waals surface area contributed by atoms with E-state index in [1.54, 1.807) is 12.1 Å². The minimum atomic E-state index is -3.75. The molecule has 5 fully saturated rings. The predicted molar refractivity (Wildman–Crippen MR) is 119 cm³/mol. The van der Waals surface area contributed by atoms with Crippen molar-refractivity contribution in [3.05, 3.63) is 23.8 Å². The van der Waals surface area contributed by atoms with Crippen molar-refractivity contribution in [3.63, 3.8) is 0 Å². The molecule has 5 aliphatic rings. The van der Waals surface area contributed by atoms with Crippen LogP contribution in [-0.2, 0) is 10.0 Å². The number of methoxy groups -OCH3 is 1. The van der Waals surface area contributed by atoms with Crippen LogP contribution < -0.4 is 14.8 Å². The van der Waals surface area contributed by atoms with Crippen molar-refractivity contribution >= 4 is 15.9 Å². The van der Waals surface area contributed by atoms with E-state index >= 15 is 0 Å². The van der Waals surface area contributed by atoms with Gasteiger partial charge in [-0.1, -0.05) is 12.8 Å². The first-order valence-electron chi connectivity index (χ1n) is 11.8. The van der Waals surface area contributed by atoms with E-state index in [1.165, 1.54) is 51.7 Å². The molecule has 1 amide bonds. The van der Waals surface area contributed by atoms with Crippen molar-refractivity contribution in [2.45, 2.75) is 75.1 Å². The number of carbonyl (C=O) groups is 1. The van der Waals surface area contributed by atoms with Gasteiger partial charge in [-0.25, -0.2) is 13.1 Å². The fourth-order valence-corrected chi connectivity index (χ4v) is 8.73. The van der Waals surface area contributed by atoms with Gasteiger partial charge in [0.15, 0.2) is 0 Å². The number of carbonyl (C=O) groups excluding carboxylic acids is 1. The Morgan fingerprint density at radius 3 is 2.26 bits per heavy atom. The zero-order valence-corrected chi connectivity index (χ0v) is 19.2. The third-order valence-electron chi connectivity index (χ3n) is 8.18. The number of hydrogen-bond acceptors (Lipinski definition) is 4. The summed E-state index contributed by atoms with van der Waals surface area (Å²) in [5.74, 6) is 2.58. The number of ether oxygens (including phenoxy) is 1. The highest BCUT2D eigenvalue weighted by molar-refractivity contribution is 7.89. The SMILES string of the molecule is COc1ccc(C(=O)NCC23CC4CC(CC(C4)C2)C3)cc1S(=O)(=O)NC1CCCC1. The van der Waals surface area contributed by atoms with Gasteiger partial charge in [0.25, 0.3) is 5.91 Å². The Bertz CT molecular complexity index is 917. The molecule has 1 aromatic rings. The lowest BCUT2D eigenvalue weighted by molar-refractivity contribution is -0.0503. The highest BCUT2D eigenvalue weighted by Gasteiger charge is 2.50. The van der Waals surface area contributed by atoms with E-state index in [0.717, 1.165) is 43.4 Å². The molecular weight excluding hydrogens is 412 g/mol. The molecule has 1 aromatic carbocycles. The summed E-state index contributed by atoms with van der Waals surface area (Å²) in [6.07, 6.45) is 11.6. The van der Waals surface area contributed by atoms with Gasteiger partial charge in [0.05, 0.1) is 7.11 Å². The zero-order valence-electron chi connectivity index (χ0n) is 18.4. The molecule has 0 aliphatic heterocycles. The van der Waals surface area contributed by atoms with Gasteiger partial charge in [-0.15, -0.1) is 0 Å². The smallest absolute Gasteiger partial charge is 0.251 e. The lowest BCUT2D eigenvalue weighted by atomic mass is 9.49. The molecule has 2 N–H and O–H groups in total. The maximum atomic E-state index is 13.0. The van der Waals surface area contributed by atoms with Crippen LogP contribution in [0.5, 0.6) is 5.75 Å². The fraction of sp³-hybridized carbons (Fsp3) is 0.708. The first-order valence-corrected chi connectivity index (χ1v) is 13.3. The second-order valence-electron chi connectivity index (χ2n) is 10.6. The molecule has 0 saturated heterocycles. The molecule has 4 bridgehead atoms. The van der Waals surface area contributed by atoms with Crippen molar-refractivity contribution < 1.29 is 17.9 Å². The average Bonchev–Trinajstić information content (AvgIpc) is 3.23. The summed E-state index contributed by atoms with van der Waals surface area (Å²) in [4.78, 5) is 13.0. The Hall–Kier alpha value is -1.60. The van der Waals surface area contributed by atoms with E-state index in [9.17, 15) is 13.2 Å². The van der Waals surface area contributed by atoms with Gasteiger partial charge >= 0.3 is 0 Å². The number of benzene rings is 1. The minimum Gasteiger partial charge on any atom is -0.495 e. The Kier molecular flexibility index (Phi) is 5.53. The van der Waals surface area contributed by atoms with Crippen LogP contribution in [0, 0.1) is 23.2 Å². The third kappa shape index (κ3) is 4.23. The first kappa shape index (κ1) is 21.3. The quantitative estimate of drug-likeness (QED) is 0.666. The Balaban J connectivity index is 1.31. The number of sulfonamides is 1. The van der Waals surface area contributed by atoms with Crippen molar-refractivity contribution in [2.24, 2.45) is 23.2 Å². The number of hydrogen-bond donors (Lipinski definition) is 2. The van der Waals surface area contributed by atoms with E-state index in [-0.39, 0.29) is 28.0 Å². The molecule has 0 heterocycles. The molecule has 5 saturated carbocycles. The molecular formula is C24H34N2O4S. The highest BCUT2D eigenvalue weighted by atomic mass is 32.2. The maximum Gasteiger partial charge on any atom is 0.251 e. The van der Waals surface area contributed by atoms with Crippen LogP contribution in [0.2, 0.25) is 0 Å². The fourth-order valence-electron chi connectivity index (χ4n) is 7.23. The second kappa shape index (κ2) is 8.07. The molecule has 6 nitrogen and oxygen atoms in total. The van der Waals surface area contributed by atoms with Crippen LogP contribution in [0.15, 0.2) is 23.1 Å². The molecule has 0 aromatic heterocycles. The van der Waals surface area contributed by atoms with E-state index < -0.39 is 10.0 Å². The van der Waals surface area contributed by atoms with Gasteiger partial charge in [-0.2, -0.15) is 0 Å². The molecule has 5 aliphatic carbocycles. The summed E-state index contributed by atoms with van der Waals surface area (Å²) in [5, 5.41) is 3.15. The molecule has 0 spiro atoms. The van der Waals surface area contributed by atoms with E-state index in [0.29, 0.717) is 12.1 Å². The standard InChI is InChI=1S/C24H34N2O4S/c1-30-21-7-6-19(11-22(21)31(28,29)26-20-4-2-3-5-20)23(27)25-15-24-12-16-8-17(13-24)10-18(9-16)14-24/h6-7,11,16-18,20,26H,2-5,8-10,12-15H2,1H3,(H,25,27). The normalized spacial score (nSPS) is 32.4. The summed E-state index contributed by atoms with van der Waals surface area (Å²) in [5.41, 5.74) is 0.618. The topological polar surface area (TPSA) is 84.5 Å². The highest BCUT2D eigenvalue weighted by Crippen LogP contribution is 2.59. The third-order valence-corrected chi connectivity index (χ3v) is 9.72. The lowest BCUT2D eigenvalue weighted by Gasteiger charge is -2.56. The second-order valence-corrected chi connectivity index (χ2v) is 12.3. The predicted octanol–water partition coefficient (Wildman–Crippen LogP) is 3.86. The molecule has 6 rings (SSSR count). The van der Waals surface area contributed by atoms with Crippen molar-refractivity contribution in [3.8, 4) is 5.75 Å². The number of nitrogens with one attached hydrogen (secondary N) is 2. The van der Waals surface area contributed by atoms with Gasteiger partial charge in [-0.05, 0) is 92.7 Å². The van der Waals surface area contributed by atoms with E-state index in [2.05, 4.69) is 10.0 Å². The van der Waals surface area contributed by atoms with Crippen molar-refractivity contribution in [1.82, 2.24) is 10.0 Å². The van der Waals surface area contributed by atoms with Gasteiger partial charge in [0.2, 0.25) is 10.0 Å². The van der Waals surface area contributed by atoms with E-state index in [4.69, 9.17) is 4.74 Å². The monoisotopic (exact) mass is 446 g/mol. The van der Waals surface area contributed by atoms with Crippen LogP contribution in [0.4, 0.5) is 0 Å². The first-order chi connectivity index (χ1) is 14.9. The minimum absolute atomic E-state index is 0.0386. The van der Waals surface area contributed by atoms with Crippen LogP contribution in [0.3, 0.4) is 0 Å². The summed E-state index contributed by atoms with van der Waals surface area (Å²) >= 11 is 0. The van der Waals surface area contributed by atoms with Crippen LogP contribution in [-0.4, -0.2) is 34.0 Å². The molecule has 0 radical (unpaired) electrons. The maximum absolute atomic E-state index is 13.0. The molecule has 170 valence electrons. The average molecular weight is 447 g/mol. The Morgan fingerprint density at radius 1 is 1.06 bits per heavy atom. The Morgan fingerprint density at radius 2 is 1.68 bits per heavy atom. The van der Waals surface area contributed by atoms with Crippen LogP contribution in [0.25, 0.3) is 0 Å². The van der Waals surface area contributed by atoms with Crippen LogP contribution in [0.1, 0.15) is 74.6 Å². The zero-order chi connectivity index (χ0) is 21.6. The van der Waals surface area contributed by atoms with Crippen molar-refractivity contribution in [2.75, 3.05) is 13.7 Å². The van der Waals surface area contributed by atoms with Crippen molar-refractivity contribution in [1.29, 1.82) is 0 Å². The van der Waals surface area contributed by atoms with Crippen LogP contribution >= 0.6 is 0 Å². The summed E-state index contributed by atoms with van der Waals surface area (Å²) in [6.45, 7) is 0.698. The Labute approximate surface area is 185 Å². The molecule has 0 unspecified atom stereocenters. The van der Waals surface area contributed by atoms with E-state index in [1.807, 2.05) is 0 Å². The molecule has 7 heteroatoms. The molecule has 0 atom stereocenters. The number of amides is 1. The van der Waals surface area contributed by atoms with Gasteiger partial charge in [-0.3, -0.25) is 4.79 Å². The summed E-state index contributed by atoms with van der Waals surface area (Å²) in [6, 6.07) is 4.67. The van der Waals surface area contributed by atoms with Gasteiger partial charge < -0.3 is 10.1 Å².